The summed E-state index contributed by atoms with van der Waals surface area (Å²) in [5, 5.41) is 0. The molecule has 0 atom stereocenters. The van der Waals surface area contributed by atoms with Crippen LogP contribution in [0.5, 0.6) is 0 Å². The van der Waals surface area contributed by atoms with E-state index in [0.29, 0.717) is 6.54 Å². The van der Waals surface area contributed by atoms with Crippen molar-refractivity contribution in [1.29, 1.82) is 0 Å². The van der Waals surface area contributed by atoms with E-state index < -0.39 is 0 Å². The van der Waals surface area contributed by atoms with Crippen molar-refractivity contribution in [3.05, 3.63) is 53.1 Å². The van der Waals surface area contributed by atoms with Crippen LogP contribution in [0.25, 0.3) is 11.1 Å². The number of anilines is 1. The number of amides is 1. The van der Waals surface area contributed by atoms with Crippen molar-refractivity contribution in [3.63, 3.8) is 0 Å². The third kappa shape index (κ3) is 2.95. The second-order valence-corrected chi connectivity index (χ2v) is 6.85. The SMILES string of the molecule is CSNc1cccc(-c2cc(C)c3c(c2)CN(C(C)C)C3=O)c1. The number of nitrogens with one attached hydrogen (secondary N) is 1. The summed E-state index contributed by atoms with van der Waals surface area (Å²) >= 11 is 1.58. The zero-order chi connectivity index (χ0) is 16.6. The fourth-order valence-electron chi connectivity index (χ4n) is 3.15. The molecule has 1 N–H and O–H groups in total. The lowest BCUT2D eigenvalue weighted by Crippen LogP contribution is -2.30. The van der Waals surface area contributed by atoms with Gasteiger partial charge in [-0.1, -0.05) is 30.1 Å². The van der Waals surface area contributed by atoms with Crippen LogP contribution < -0.4 is 4.72 Å². The Morgan fingerprint density at radius 2 is 1.96 bits per heavy atom. The average molecular weight is 326 g/mol. The van der Waals surface area contributed by atoms with Crippen LogP contribution in [0.2, 0.25) is 0 Å². The highest BCUT2D eigenvalue weighted by atomic mass is 32.2. The predicted octanol–water partition coefficient (Wildman–Crippen LogP) is 4.72. The van der Waals surface area contributed by atoms with Gasteiger partial charge in [-0.2, -0.15) is 0 Å². The molecule has 1 aliphatic heterocycles. The summed E-state index contributed by atoms with van der Waals surface area (Å²) in [4.78, 5) is 14.5. The molecule has 0 aromatic heterocycles. The molecule has 2 aromatic rings. The zero-order valence-corrected chi connectivity index (χ0v) is 14.8. The third-order valence-electron chi connectivity index (χ3n) is 4.27. The predicted molar refractivity (Wildman–Crippen MR) is 98.8 cm³/mol. The Kier molecular flexibility index (Phi) is 4.35. The van der Waals surface area contributed by atoms with Gasteiger partial charge in [-0.15, -0.1) is 0 Å². The van der Waals surface area contributed by atoms with E-state index >= 15 is 0 Å². The average Bonchev–Trinajstić information content (AvgIpc) is 2.85. The highest BCUT2D eigenvalue weighted by Gasteiger charge is 2.30. The molecule has 3 nitrogen and oxygen atoms in total. The summed E-state index contributed by atoms with van der Waals surface area (Å²) in [6.45, 7) is 6.88. The van der Waals surface area contributed by atoms with Crippen LogP contribution in [-0.2, 0) is 6.54 Å². The molecule has 3 rings (SSSR count). The smallest absolute Gasteiger partial charge is 0.255 e. The molecule has 2 aromatic carbocycles. The number of hydrogen-bond acceptors (Lipinski definition) is 3. The number of carbonyl (C=O) groups is 1. The summed E-state index contributed by atoms with van der Waals surface area (Å²) in [5.74, 6) is 0.164. The monoisotopic (exact) mass is 326 g/mol. The zero-order valence-electron chi connectivity index (χ0n) is 14.0. The van der Waals surface area contributed by atoms with E-state index in [4.69, 9.17) is 0 Å². The lowest BCUT2D eigenvalue weighted by molar-refractivity contribution is 0.0730. The van der Waals surface area contributed by atoms with Crippen molar-refractivity contribution in [2.75, 3.05) is 11.0 Å². The topological polar surface area (TPSA) is 32.3 Å². The van der Waals surface area contributed by atoms with Gasteiger partial charge in [0.15, 0.2) is 0 Å². The van der Waals surface area contributed by atoms with Gasteiger partial charge in [0, 0.05) is 30.1 Å². The van der Waals surface area contributed by atoms with E-state index in [1.54, 1.807) is 11.9 Å². The maximum Gasteiger partial charge on any atom is 0.255 e. The minimum Gasteiger partial charge on any atom is -0.332 e. The van der Waals surface area contributed by atoms with E-state index in [1.807, 2.05) is 18.1 Å². The molecule has 0 saturated carbocycles. The van der Waals surface area contributed by atoms with Gasteiger partial charge >= 0.3 is 0 Å². The molecule has 0 bridgehead atoms. The molecule has 0 aliphatic carbocycles. The summed E-state index contributed by atoms with van der Waals surface area (Å²) < 4.78 is 3.27. The molecule has 0 radical (unpaired) electrons. The van der Waals surface area contributed by atoms with Gasteiger partial charge in [0.25, 0.3) is 5.91 Å². The van der Waals surface area contributed by atoms with Crippen molar-refractivity contribution in [2.24, 2.45) is 0 Å². The normalized spacial score (nSPS) is 13.6. The largest absolute Gasteiger partial charge is 0.332 e. The van der Waals surface area contributed by atoms with Crippen molar-refractivity contribution in [2.45, 2.75) is 33.4 Å². The van der Waals surface area contributed by atoms with E-state index in [0.717, 1.165) is 22.4 Å². The van der Waals surface area contributed by atoms with Crippen LogP contribution in [0.1, 0.15) is 35.3 Å². The molecule has 0 spiro atoms. The van der Waals surface area contributed by atoms with Crippen LogP contribution in [0.3, 0.4) is 0 Å². The summed E-state index contributed by atoms with van der Waals surface area (Å²) in [7, 11) is 0. The fraction of sp³-hybridized carbons (Fsp3) is 0.316. The number of nitrogens with zero attached hydrogens (tertiary/aromatic N) is 1. The van der Waals surface area contributed by atoms with Crippen molar-refractivity contribution in [3.8, 4) is 11.1 Å². The molecule has 1 amide bonds. The van der Waals surface area contributed by atoms with Crippen LogP contribution in [-0.4, -0.2) is 23.1 Å². The Balaban J connectivity index is 2.02. The Morgan fingerprint density at radius 1 is 1.17 bits per heavy atom. The second kappa shape index (κ2) is 6.28. The van der Waals surface area contributed by atoms with Crippen LogP contribution in [0.4, 0.5) is 5.69 Å². The molecule has 23 heavy (non-hydrogen) atoms. The number of carbonyl (C=O) groups excluding carboxylic acids is 1. The van der Waals surface area contributed by atoms with Gasteiger partial charge in [-0.05, 0) is 61.2 Å². The maximum atomic E-state index is 12.6. The maximum absolute atomic E-state index is 12.6. The van der Waals surface area contributed by atoms with E-state index in [9.17, 15) is 4.79 Å². The summed E-state index contributed by atoms with van der Waals surface area (Å²) in [5.41, 5.74) is 6.53. The standard InChI is InChI=1S/C19H22N2OS/c1-12(2)21-11-16-9-15(8-13(3)18(16)19(21)22)14-6-5-7-17(10-14)20-23-4/h5-10,12,20H,11H2,1-4H3. The highest BCUT2D eigenvalue weighted by molar-refractivity contribution is 7.99. The lowest BCUT2D eigenvalue weighted by Gasteiger charge is -2.19. The Bertz CT molecular complexity index is 755. The summed E-state index contributed by atoms with van der Waals surface area (Å²) in [6, 6.07) is 12.9. The molecular weight excluding hydrogens is 304 g/mol. The van der Waals surface area contributed by atoms with E-state index in [1.165, 1.54) is 11.1 Å². The van der Waals surface area contributed by atoms with Gasteiger partial charge < -0.3 is 9.62 Å². The molecule has 0 unspecified atom stereocenters. The first kappa shape index (κ1) is 15.9. The molecule has 1 heterocycles. The second-order valence-electron chi connectivity index (χ2n) is 6.24. The Hall–Kier alpha value is -1.94. The van der Waals surface area contributed by atoms with Crippen LogP contribution in [0.15, 0.2) is 36.4 Å². The molecule has 4 heteroatoms. The number of benzene rings is 2. The number of hydrogen-bond donors (Lipinski definition) is 1. The Morgan fingerprint density at radius 3 is 2.65 bits per heavy atom. The number of aryl methyl sites for hydroxylation is 1. The van der Waals surface area contributed by atoms with E-state index in [-0.39, 0.29) is 11.9 Å². The molecule has 120 valence electrons. The third-order valence-corrected chi connectivity index (χ3v) is 4.71. The molecular formula is C19H22N2OS. The fourth-order valence-corrected chi connectivity index (χ4v) is 3.52. The highest BCUT2D eigenvalue weighted by Crippen LogP contribution is 2.33. The minimum atomic E-state index is 0.164. The van der Waals surface area contributed by atoms with E-state index in [2.05, 4.69) is 55.0 Å². The van der Waals surface area contributed by atoms with Crippen LogP contribution >= 0.6 is 11.9 Å². The first-order valence-electron chi connectivity index (χ1n) is 7.85. The molecule has 0 saturated heterocycles. The van der Waals surface area contributed by atoms with Gasteiger partial charge in [0.05, 0.1) is 0 Å². The molecule has 0 fully saturated rings. The quantitative estimate of drug-likeness (QED) is 0.825. The summed E-state index contributed by atoms with van der Waals surface area (Å²) in [6.07, 6.45) is 2.01. The van der Waals surface area contributed by atoms with Crippen molar-refractivity contribution in [1.82, 2.24) is 4.90 Å². The lowest BCUT2D eigenvalue weighted by atomic mass is 9.96. The number of rotatable bonds is 4. The van der Waals surface area contributed by atoms with Gasteiger partial charge in [0.1, 0.15) is 0 Å². The number of fused-ring (bicyclic) bond motifs is 1. The minimum absolute atomic E-state index is 0.164. The molecule has 1 aliphatic rings. The van der Waals surface area contributed by atoms with Gasteiger partial charge in [-0.25, -0.2) is 0 Å². The van der Waals surface area contributed by atoms with Crippen molar-refractivity contribution >= 4 is 23.5 Å². The first-order chi connectivity index (χ1) is 11.0. The van der Waals surface area contributed by atoms with Crippen molar-refractivity contribution < 1.29 is 4.79 Å². The van der Waals surface area contributed by atoms with Gasteiger partial charge in [-0.3, -0.25) is 4.79 Å². The van der Waals surface area contributed by atoms with Gasteiger partial charge in [0.2, 0.25) is 0 Å². The van der Waals surface area contributed by atoms with Crippen LogP contribution in [0, 0.1) is 6.92 Å². The first-order valence-corrected chi connectivity index (χ1v) is 9.07. The Labute approximate surface area is 142 Å².